The van der Waals surface area contributed by atoms with Gasteiger partial charge >= 0.3 is 0 Å². The molecule has 1 aliphatic rings. The Morgan fingerprint density at radius 1 is 1.15 bits per heavy atom. The van der Waals surface area contributed by atoms with E-state index in [-0.39, 0.29) is 30.6 Å². The largest absolute Gasteiger partial charge is 0.333 e. The maximum absolute atomic E-state index is 12.8. The number of ketones is 1. The predicted molar refractivity (Wildman–Crippen MR) is 104 cm³/mol. The summed E-state index contributed by atoms with van der Waals surface area (Å²) in [4.78, 5) is 27.0. The van der Waals surface area contributed by atoms with Crippen LogP contribution in [0.25, 0.3) is 0 Å². The fraction of sp³-hybridized carbons (Fsp3) is 0.333. The molecule has 0 bridgehead atoms. The van der Waals surface area contributed by atoms with Gasteiger partial charge in [-0.15, -0.1) is 0 Å². The number of nitrogens with one attached hydrogen (secondary N) is 1. The van der Waals surface area contributed by atoms with E-state index in [2.05, 4.69) is 5.32 Å². The lowest BCUT2D eigenvalue weighted by Gasteiger charge is -2.36. The molecule has 0 saturated carbocycles. The highest BCUT2D eigenvalue weighted by molar-refractivity contribution is 6.30. The van der Waals surface area contributed by atoms with Gasteiger partial charge in [0.1, 0.15) is 0 Å². The summed E-state index contributed by atoms with van der Waals surface area (Å²) in [6.45, 7) is 4.04. The van der Waals surface area contributed by atoms with Crippen molar-refractivity contribution in [2.24, 2.45) is 0 Å². The molecular weight excluding hydrogens is 348 g/mol. The third-order valence-corrected chi connectivity index (χ3v) is 4.94. The van der Waals surface area contributed by atoms with Crippen molar-refractivity contribution in [3.8, 4) is 0 Å². The molecule has 0 spiro atoms. The summed E-state index contributed by atoms with van der Waals surface area (Å²) in [6, 6.07) is 15.1. The van der Waals surface area contributed by atoms with Crippen molar-refractivity contribution in [2.75, 3.05) is 19.6 Å². The van der Waals surface area contributed by atoms with Gasteiger partial charge in [0, 0.05) is 43.1 Å². The zero-order valence-corrected chi connectivity index (χ0v) is 15.6. The molecule has 1 atom stereocenters. The highest BCUT2D eigenvalue weighted by atomic mass is 35.5. The molecule has 1 N–H and O–H groups in total. The molecule has 26 heavy (non-hydrogen) atoms. The molecule has 1 amide bonds. The predicted octanol–water partition coefficient (Wildman–Crippen LogP) is 3.78. The summed E-state index contributed by atoms with van der Waals surface area (Å²) >= 11 is 6.11. The Kier molecular flexibility index (Phi) is 6.07. The van der Waals surface area contributed by atoms with Crippen molar-refractivity contribution in [3.63, 3.8) is 0 Å². The van der Waals surface area contributed by atoms with Crippen LogP contribution in [-0.2, 0) is 4.79 Å². The molecule has 1 heterocycles. The first-order valence-electron chi connectivity index (χ1n) is 8.90. The van der Waals surface area contributed by atoms with Crippen LogP contribution in [0.1, 0.15) is 40.4 Å². The van der Waals surface area contributed by atoms with Crippen LogP contribution in [0.4, 0.5) is 0 Å². The zero-order valence-electron chi connectivity index (χ0n) is 14.9. The van der Waals surface area contributed by atoms with Gasteiger partial charge < -0.3 is 10.2 Å². The quantitative estimate of drug-likeness (QED) is 0.815. The van der Waals surface area contributed by atoms with Gasteiger partial charge in [0.25, 0.3) is 0 Å². The molecule has 0 aromatic heterocycles. The van der Waals surface area contributed by atoms with Crippen molar-refractivity contribution < 1.29 is 9.59 Å². The molecule has 0 radical (unpaired) electrons. The van der Waals surface area contributed by atoms with Gasteiger partial charge in [-0.1, -0.05) is 47.5 Å². The van der Waals surface area contributed by atoms with E-state index in [0.717, 1.165) is 17.7 Å². The molecule has 5 heteroatoms. The summed E-state index contributed by atoms with van der Waals surface area (Å²) in [5, 5.41) is 3.99. The zero-order chi connectivity index (χ0) is 18.5. The van der Waals surface area contributed by atoms with E-state index in [1.807, 2.05) is 54.3 Å². The summed E-state index contributed by atoms with van der Waals surface area (Å²) in [6.07, 6.45) is 0.457. The number of rotatable bonds is 5. The molecule has 3 rings (SSSR count). The third-order valence-electron chi connectivity index (χ3n) is 4.70. The van der Waals surface area contributed by atoms with E-state index in [1.54, 1.807) is 6.07 Å². The standard InChI is InChI=1S/C21H23ClN2O2/c1-15-4-2-6-17(12-15)20(25)8-9-21(26)24-11-10-23-14-19(24)16-5-3-7-18(22)13-16/h2-7,12-13,19,23H,8-11,14H2,1H3. The van der Waals surface area contributed by atoms with E-state index >= 15 is 0 Å². The third kappa shape index (κ3) is 4.51. The van der Waals surface area contributed by atoms with Gasteiger partial charge in [-0.2, -0.15) is 0 Å². The van der Waals surface area contributed by atoms with Gasteiger partial charge in [-0.3, -0.25) is 9.59 Å². The molecule has 2 aromatic rings. The minimum absolute atomic E-state index is 0.0106. The molecule has 1 aliphatic heterocycles. The normalized spacial score (nSPS) is 17.2. The van der Waals surface area contributed by atoms with Gasteiger partial charge in [0.05, 0.1) is 6.04 Å². The minimum atomic E-state index is -0.0518. The van der Waals surface area contributed by atoms with Crippen LogP contribution in [0, 0.1) is 6.92 Å². The van der Waals surface area contributed by atoms with Crippen LogP contribution >= 0.6 is 11.6 Å². The van der Waals surface area contributed by atoms with Crippen molar-refractivity contribution in [1.82, 2.24) is 10.2 Å². The maximum Gasteiger partial charge on any atom is 0.223 e. The van der Waals surface area contributed by atoms with Crippen molar-refractivity contribution in [1.29, 1.82) is 0 Å². The van der Waals surface area contributed by atoms with Crippen LogP contribution in [0.2, 0.25) is 5.02 Å². The number of benzene rings is 2. The SMILES string of the molecule is Cc1cccc(C(=O)CCC(=O)N2CCNCC2c2cccc(Cl)c2)c1. The molecule has 0 aliphatic carbocycles. The van der Waals surface area contributed by atoms with Crippen molar-refractivity contribution in [2.45, 2.75) is 25.8 Å². The first kappa shape index (κ1) is 18.6. The van der Waals surface area contributed by atoms with Gasteiger partial charge in [-0.05, 0) is 30.7 Å². The smallest absolute Gasteiger partial charge is 0.223 e. The number of hydrogen-bond acceptors (Lipinski definition) is 3. The van der Waals surface area contributed by atoms with Crippen LogP contribution in [0.3, 0.4) is 0 Å². The lowest BCUT2D eigenvalue weighted by Crippen LogP contribution is -2.48. The van der Waals surface area contributed by atoms with E-state index in [4.69, 9.17) is 11.6 Å². The van der Waals surface area contributed by atoms with Crippen LogP contribution in [0.15, 0.2) is 48.5 Å². The van der Waals surface area contributed by atoms with Gasteiger partial charge in [0.2, 0.25) is 5.91 Å². The average molecular weight is 371 g/mol. The summed E-state index contributed by atoms with van der Waals surface area (Å²) in [5.74, 6) is 0.0222. The van der Waals surface area contributed by atoms with E-state index in [1.165, 1.54) is 0 Å². The van der Waals surface area contributed by atoms with Crippen LogP contribution < -0.4 is 5.32 Å². The highest BCUT2D eigenvalue weighted by Gasteiger charge is 2.28. The fourth-order valence-corrected chi connectivity index (χ4v) is 3.54. The number of carbonyl (C=O) groups excluding carboxylic acids is 2. The first-order chi connectivity index (χ1) is 12.5. The second kappa shape index (κ2) is 8.47. The van der Waals surface area contributed by atoms with Gasteiger partial charge in [-0.25, -0.2) is 0 Å². The second-order valence-electron chi connectivity index (χ2n) is 6.65. The van der Waals surface area contributed by atoms with Crippen LogP contribution in [0.5, 0.6) is 0 Å². The molecule has 1 fully saturated rings. The molecule has 4 nitrogen and oxygen atoms in total. The molecule has 136 valence electrons. The number of hydrogen-bond donors (Lipinski definition) is 1. The molecular formula is C21H23ClN2O2. The Morgan fingerprint density at radius 3 is 2.73 bits per heavy atom. The average Bonchev–Trinajstić information content (AvgIpc) is 2.66. The summed E-state index contributed by atoms with van der Waals surface area (Å²) in [7, 11) is 0. The number of amides is 1. The fourth-order valence-electron chi connectivity index (χ4n) is 3.34. The Bertz CT molecular complexity index is 806. The van der Waals surface area contributed by atoms with Crippen molar-refractivity contribution in [3.05, 3.63) is 70.2 Å². The van der Waals surface area contributed by atoms with E-state index < -0.39 is 0 Å². The Labute approximate surface area is 159 Å². The number of piperazine rings is 1. The highest BCUT2D eigenvalue weighted by Crippen LogP contribution is 2.25. The van der Waals surface area contributed by atoms with E-state index in [9.17, 15) is 9.59 Å². The van der Waals surface area contributed by atoms with Crippen LogP contribution in [-0.4, -0.2) is 36.2 Å². The maximum atomic E-state index is 12.8. The Balaban J connectivity index is 1.66. The van der Waals surface area contributed by atoms with Crippen molar-refractivity contribution >= 4 is 23.3 Å². The Hall–Kier alpha value is -2.17. The molecule has 1 saturated heterocycles. The topological polar surface area (TPSA) is 49.4 Å². The number of carbonyl (C=O) groups is 2. The lowest BCUT2D eigenvalue weighted by atomic mass is 10.0. The number of nitrogens with zero attached hydrogens (tertiary/aromatic N) is 1. The molecule has 2 aromatic carbocycles. The second-order valence-corrected chi connectivity index (χ2v) is 7.09. The Morgan fingerprint density at radius 2 is 1.96 bits per heavy atom. The molecule has 1 unspecified atom stereocenters. The number of halogens is 1. The van der Waals surface area contributed by atoms with Gasteiger partial charge in [0.15, 0.2) is 5.78 Å². The minimum Gasteiger partial charge on any atom is -0.333 e. The lowest BCUT2D eigenvalue weighted by molar-refractivity contribution is -0.134. The summed E-state index contributed by atoms with van der Waals surface area (Å²) < 4.78 is 0. The summed E-state index contributed by atoms with van der Waals surface area (Å²) in [5.41, 5.74) is 2.73. The van der Waals surface area contributed by atoms with E-state index in [0.29, 0.717) is 23.7 Å². The monoisotopic (exact) mass is 370 g/mol. The first-order valence-corrected chi connectivity index (χ1v) is 9.28. The number of Topliss-reactive ketones (excluding diaryl/α,β-unsaturated/α-hetero) is 1. The number of aryl methyl sites for hydroxylation is 1.